The van der Waals surface area contributed by atoms with Gasteiger partial charge in [-0.05, 0) is 18.1 Å². The molecular weight excluding hydrogens is 304 g/mol. The molecule has 1 unspecified atom stereocenters. The lowest BCUT2D eigenvalue weighted by Gasteiger charge is -2.13. The molecule has 6 heteroatoms. The Hall–Kier alpha value is -3.28. The van der Waals surface area contributed by atoms with E-state index in [9.17, 15) is 9.59 Å². The Morgan fingerprint density at radius 2 is 1.67 bits per heavy atom. The van der Waals surface area contributed by atoms with E-state index in [2.05, 4.69) is 10.4 Å². The fourth-order valence-corrected chi connectivity index (χ4v) is 2.56. The van der Waals surface area contributed by atoms with Crippen molar-refractivity contribution in [2.75, 3.05) is 5.73 Å². The molecule has 0 saturated carbocycles. The summed E-state index contributed by atoms with van der Waals surface area (Å²) in [5.74, 6) is 0.161. The van der Waals surface area contributed by atoms with Gasteiger partial charge in [0, 0.05) is 0 Å². The number of benzene rings is 2. The van der Waals surface area contributed by atoms with Crippen molar-refractivity contribution in [2.45, 2.75) is 13.0 Å². The van der Waals surface area contributed by atoms with E-state index in [0.29, 0.717) is 5.56 Å². The van der Waals surface area contributed by atoms with Crippen LogP contribution < -0.4 is 16.6 Å². The Kier molecular flexibility index (Phi) is 4.20. The third-order valence-corrected chi connectivity index (χ3v) is 3.82. The van der Waals surface area contributed by atoms with Crippen LogP contribution in [0.3, 0.4) is 0 Å². The fourth-order valence-electron chi connectivity index (χ4n) is 2.56. The van der Waals surface area contributed by atoms with Crippen LogP contribution in [0.5, 0.6) is 0 Å². The number of amides is 1. The van der Waals surface area contributed by atoms with Gasteiger partial charge in [-0.3, -0.25) is 9.89 Å². The minimum Gasteiger partial charge on any atom is -0.383 e. The number of carbonyl (C=O) groups is 1. The highest BCUT2D eigenvalue weighted by Crippen LogP contribution is 2.20. The summed E-state index contributed by atoms with van der Waals surface area (Å²) in [6.07, 6.45) is 0. The van der Waals surface area contributed by atoms with E-state index in [4.69, 9.17) is 5.73 Å². The van der Waals surface area contributed by atoms with Crippen LogP contribution in [0.15, 0.2) is 65.5 Å². The van der Waals surface area contributed by atoms with Gasteiger partial charge < -0.3 is 11.1 Å². The van der Waals surface area contributed by atoms with E-state index in [-0.39, 0.29) is 17.4 Å². The molecule has 0 spiro atoms. The van der Waals surface area contributed by atoms with E-state index < -0.39 is 11.6 Å². The number of anilines is 1. The van der Waals surface area contributed by atoms with Crippen molar-refractivity contribution in [3.63, 3.8) is 0 Å². The van der Waals surface area contributed by atoms with Gasteiger partial charge in [-0.25, -0.2) is 4.79 Å². The molecule has 122 valence electrons. The molecule has 1 amide bonds. The first-order chi connectivity index (χ1) is 11.6. The maximum Gasteiger partial charge on any atom is 0.344 e. The van der Waals surface area contributed by atoms with Crippen LogP contribution in [-0.2, 0) is 0 Å². The third kappa shape index (κ3) is 2.94. The van der Waals surface area contributed by atoms with Gasteiger partial charge in [-0.1, -0.05) is 60.7 Å². The van der Waals surface area contributed by atoms with E-state index in [1.165, 1.54) is 0 Å². The van der Waals surface area contributed by atoms with E-state index in [1.807, 2.05) is 55.5 Å². The van der Waals surface area contributed by atoms with E-state index in [0.717, 1.165) is 10.2 Å². The summed E-state index contributed by atoms with van der Waals surface area (Å²) in [4.78, 5) is 25.0. The lowest BCUT2D eigenvalue weighted by atomic mass is 10.1. The summed E-state index contributed by atoms with van der Waals surface area (Å²) >= 11 is 0. The van der Waals surface area contributed by atoms with Gasteiger partial charge in [0.15, 0.2) is 0 Å². The van der Waals surface area contributed by atoms with Gasteiger partial charge in [-0.15, -0.1) is 0 Å². The molecule has 0 aliphatic rings. The number of hydrogen-bond acceptors (Lipinski definition) is 3. The van der Waals surface area contributed by atoms with Crippen LogP contribution in [0.1, 0.15) is 18.5 Å². The number of aromatic nitrogens is 2. The quantitative estimate of drug-likeness (QED) is 0.692. The summed E-state index contributed by atoms with van der Waals surface area (Å²) < 4.78 is 0.900. The summed E-state index contributed by atoms with van der Waals surface area (Å²) in [5, 5.41) is 5.42. The summed E-state index contributed by atoms with van der Waals surface area (Å²) in [6.45, 7) is 1.85. The number of carbonyl (C=O) groups excluding carboxylic acids is 1. The second-order valence-electron chi connectivity index (χ2n) is 5.49. The number of nitrogens with one attached hydrogen (secondary N) is 2. The number of H-pyrrole nitrogens is 1. The first-order valence-corrected chi connectivity index (χ1v) is 7.59. The lowest BCUT2D eigenvalue weighted by molar-refractivity contribution is 0.236. The van der Waals surface area contributed by atoms with Crippen molar-refractivity contribution < 1.29 is 4.79 Å². The maximum atomic E-state index is 12.5. The monoisotopic (exact) mass is 322 g/mol. The summed E-state index contributed by atoms with van der Waals surface area (Å²) in [7, 11) is 0. The Bertz CT molecular complexity index is 898. The van der Waals surface area contributed by atoms with Crippen LogP contribution >= 0.6 is 0 Å². The highest BCUT2D eigenvalue weighted by atomic mass is 16.2. The molecule has 1 atom stereocenters. The molecule has 3 aromatic rings. The van der Waals surface area contributed by atoms with Crippen molar-refractivity contribution >= 4 is 11.8 Å². The molecule has 2 aromatic carbocycles. The molecule has 0 aliphatic carbocycles. The highest BCUT2D eigenvalue weighted by Gasteiger charge is 2.19. The zero-order valence-corrected chi connectivity index (χ0v) is 13.2. The molecule has 24 heavy (non-hydrogen) atoms. The molecule has 3 rings (SSSR count). The number of rotatable bonds is 3. The van der Waals surface area contributed by atoms with Crippen LogP contribution in [0.4, 0.5) is 10.6 Å². The molecule has 6 nitrogen and oxygen atoms in total. The van der Waals surface area contributed by atoms with Crippen LogP contribution in [0.25, 0.3) is 11.1 Å². The predicted molar refractivity (Wildman–Crippen MR) is 93.7 cm³/mol. The van der Waals surface area contributed by atoms with Crippen LogP contribution in [-0.4, -0.2) is 15.8 Å². The first-order valence-electron chi connectivity index (χ1n) is 7.59. The zero-order valence-electron chi connectivity index (χ0n) is 13.2. The molecule has 0 fully saturated rings. The Balaban J connectivity index is 1.88. The fraction of sp³-hybridized carbons (Fsp3) is 0.111. The highest BCUT2D eigenvalue weighted by molar-refractivity contribution is 5.81. The number of nitrogens with two attached hydrogens (primary N) is 1. The predicted octanol–water partition coefficient (Wildman–Crippen LogP) is 2.74. The van der Waals surface area contributed by atoms with Crippen LogP contribution in [0.2, 0.25) is 0 Å². The zero-order chi connectivity index (χ0) is 17.1. The minimum atomic E-state index is -0.551. The summed E-state index contributed by atoms with van der Waals surface area (Å²) in [6, 6.07) is 17.7. The molecule has 0 bridgehead atoms. The Morgan fingerprint density at radius 3 is 2.29 bits per heavy atom. The normalized spacial score (nSPS) is 11.9. The number of nitrogen functional groups attached to an aromatic ring is 1. The first kappa shape index (κ1) is 15.6. The average Bonchev–Trinajstić information content (AvgIpc) is 2.91. The van der Waals surface area contributed by atoms with Crippen molar-refractivity contribution in [2.24, 2.45) is 0 Å². The minimum absolute atomic E-state index is 0.161. The molecular formula is C18H18N4O2. The lowest BCUT2D eigenvalue weighted by Crippen LogP contribution is -2.37. The van der Waals surface area contributed by atoms with Crippen molar-refractivity contribution in [1.29, 1.82) is 0 Å². The second kappa shape index (κ2) is 6.45. The van der Waals surface area contributed by atoms with Crippen molar-refractivity contribution in [3.05, 3.63) is 76.6 Å². The largest absolute Gasteiger partial charge is 0.383 e. The molecule has 0 aliphatic heterocycles. The van der Waals surface area contributed by atoms with Gasteiger partial charge in [-0.2, -0.15) is 4.68 Å². The number of aromatic amines is 1. The summed E-state index contributed by atoms with van der Waals surface area (Å²) in [5.41, 5.74) is 7.32. The number of nitrogens with zero attached hydrogens (tertiary/aromatic N) is 1. The number of hydrogen-bond donors (Lipinski definition) is 3. The van der Waals surface area contributed by atoms with Gasteiger partial charge in [0.2, 0.25) is 0 Å². The van der Waals surface area contributed by atoms with E-state index >= 15 is 0 Å². The average molecular weight is 322 g/mol. The van der Waals surface area contributed by atoms with Crippen molar-refractivity contribution in [3.8, 4) is 11.1 Å². The molecule has 4 N–H and O–H groups in total. The maximum absolute atomic E-state index is 12.5. The molecule has 0 radical (unpaired) electrons. The van der Waals surface area contributed by atoms with E-state index in [1.54, 1.807) is 12.1 Å². The molecule has 1 heterocycles. The van der Waals surface area contributed by atoms with Gasteiger partial charge in [0.05, 0.1) is 11.6 Å². The van der Waals surface area contributed by atoms with Gasteiger partial charge in [0.25, 0.3) is 5.56 Å². The van der Waals surface area contributed by atoms with Crippen molar-refractivity contribution in [1.82, 2.24) is 15.1 Å². The van der Waals surface area contributed by atoms with Gasteiger partial charge in [0.1, 0.15) is 5.82 Å². The molecule has 1 aromatic heterocycles. The Labute approximate surface area is 138 Å². The third-order valence-electron chi connectivity index (χ3n) is 3.82. The molecule has 0 saturated heterocycles. The van der Waals surface area contributed by atoms with Crippen LogP contribution in [0, 0.1) is 0 Å². The second-order valence-corrected chi connectivity index (χ2v) is 5.49. The SMILES string of the molecule is CC(NC(=O)n1[nH]c(N)c(-c2ccccc2)c1=O)c1ccccc1. The van der Waals surface area contributed by atoms with Gasteiger partial charge >= 0.3 is 6.03 Å². The standard InChI is InChI=1S/C18H18N4O2/c1-12(13-8-4-2-5-9-13)20-18(24)22-17(23)15(16(19)21-22)14-10-6-3-7-11-14/h2-12,21H,19H2,1H3,(H,20,24). The topological polar surface area (TPSA) is 92.9 Å². The Morgan fingerprint density at radius 1 is 1.08 bits per heavy atom. The smallest absolute Gasteiger partial charge is 0.344 e.